The van der Waals surface area contributed by atoms with Crippen molar-refractivity contribution in [1.82, 2.24) is 9.97 Å². The number of hydrogen-bond acceptors (Lipinski definition) is 2. The van der Waals surface area contributed by atoms with Crippen molar-refractivity contribution >= 4 is 0 Å². The van der Waals surface area contributed by atoms with Crippen molar-refractivity contribution < 1.29 is 12.3 Å². The predicted octanol–water partition coefficient (Wildman–Crippen LogP) is 31.4. The van der Waals surface area contributed by atoms with Gasteiger partial charge in [-0.3, -0.25) is 0 Å². The van der Waals surface area contributed by atoms with Crippen molar-refractivity contribution in [3.05, 3.63) is 435 Å². The molecule has 17 rings (SSSR count). The van der Waals surface area contributed by atoms with Crippen LogP contribution in [0.4, 0.5) is 0 Å². The molecule has 0 bridgehead atoms. The predicted molar refractivity (Wildman–Crippen MR) is 492 cm³/mol. The molecule has 0 aliphatic heterocycles. The summed E-state index contributed by atoms with van der Waals surface area (Å²) in [6, 6.07) is 124. The van der Waals surface area contributed by atoms with Gasteiger partial charge in [-0.25, -0.2) is 9.97 Å². The van der Waals surface area contributed by atoms with Gasteiger partial charge >= 0.3 is 0 Å². The average Bonchev–Trinajstić information content (AvgIpc) is 0.754. The molecule has 2 heterocycles. The fourth-order valence-electron chi connectivity index (χ4n) is 15.1. The molecule has 15 aromatic carbocycles. The van der Waals surface area contributed by atoms with E-state index >= 15 is 0 Å². The van der Waals surface area contributed by atoms with E-state index in [9.17, 15) is 0 Å². The van der Waals surface area contributed by atoms with Crippen molar-refractivity contribution in [3.63, 3.8) is 0 Å². The Labute approximate surface area is 694 Å². The third-order valence-electron chi connectivity index (χ3n) is 20.7. The second kappa shape index (κ2) is 34.3. The second-order valence-corrected chi connectivity index (χ2v) is 32.3. The van der Waals surface area contributed by atoms with Gasteiger partial charge < -0.3 is 0 Å². The van der Waals surface area contributed by atoms with Gasteiger partial charge in [0.2, 0.25) is 0 Å². The molecule has 17 aromatic rings. The van der Waals surface area contributed by atoms with Crippen molar-refractivity contribution in [2.24, 2.45) is 0 Å². The zero-order valence-corrected chi connectivity index (χ0v) is 67.0. The number of benzene rings is 15. The summed E-state index contributed by atoms with van der Waals surface area (Å²) in [5.41, 5.74) is 31.7. The normalized spacial score (nSPS) is 12.5. The first-order chi connectivity index (χ1) is 59.6. The van der Waals surface area contributed by atoms with Gasteiger partial charge in [0.05, 0.1) is 35.1 Å². The number of hydrogen-bond donors (Lipinski definition) is 0. The van der Waals surface area contributed by atoms with Gasteiger partial charge in [-0.15, -0.1) is 0 Å². The first kappa shape index (κ1) is 66.2. The molecule has 0 N–H and O–H groups in total. The molecule has 115 heavy (non-hydrogen) atoms. The van der Waals surface area contributed by atoms with Gasteiger partial charge in [-0.2, -0.15) is 0 Å². The van der Waals surface area contributed by atoms with Gasteiger partial charge in [-0.05, 0) is 218 Å². The molecule has 0 atom stereocenters. The van der Waals surface area contributed by atoms with Gasteiger partial charge in [0.1, 0.15) is 0 Å². The molecule has 2 nitrogen and oxygen atoms in total. The largest absolute Gasteiger partial charge is 0.248 e. The first-order valence-electron chi connectivity index (χ1n) is 43.9. The van der Waals surface area contributed by atoms with Crippen LogP contribution in [0.25, 0.3) is 156 Å². The molecule has 2 aromatic heterocycles. The molecule has 0 aliphatic carbocycles. The summed E-state index contributed by atoms with van der Waals surface area (Å²) in [5, 5.41) is 0. The third kappa shape index (κ3) is 18.4. The van der Waals surface area contributed by atoms with Crippen LogP contribution in [0.15, 0.2) is 412 Å². The van der Waals surface area contributed by atoms with E-state index in [0.29, 0.717) is 11.1 Å². The summed E-state index contributed by atoms with van der Waals surface area (Å²) in [7, 11) is 0. The van der Waals surface area contributed by atoms with Crippen LogP contribution in [-0.2, 0) is 16.2 Å². The van der Waals surface area contributed by atoms with Crippen LogP contribution in [0.5, 0.6) is 0 Å². The fraction of sp³-hybridized carbons (Fsp3) is 0.115. The molecule has 0 amide bonds. The van der Waals surface area contributed by atoms with Gasteiger partial charge in [0, 0.05) is 22.3 Å². The van der Waals surface area contributed by atoms with Crippen molar-refractivity contribution in [3.8, 4) is 156 Å². The fourth-order valence-corrected chi connectivity index (χ4v) is 15.1. The number of pyridine rings is 2. The van der Waals surface area contributed by atoms with Gasteiger partial charge in [0.15, 0.2) is 0 Å². The molecule has 0 saturated carbocycles. The molecule has 0 unspecified atom stereocenters. The van der Waals surface area contributed by atoms with Crippen molar-refractivity contribution in [2.45, 2.75) is 85.5 Å². The minimum atomic E-state index is -0.478. The van der Waals surface area contributed by atoms with E-state index in [1.165, 1.54) is 95.9 Å². The van der Waals surface area contributed by atoms with Crippen molar-refractivity contribution in [2.75, 3.05) is 0 Å². The van der Waals surface area contributed by atoms with Gasteiger partial charge in [-0.1, -0.05) is 413 Å². The highest BCUT2D eigenvalue weighted by Crippen LogP contribution is 2.47. The lowest BCUT2D eigenvalue weighted by Gasteiger charge is -2.28. The maximum absolute atomic E-state index is 8.44. The standard InChI is InChI=1S/C46H38.C44H36N2.C23H24/c1-46(2,3)45-43(41-29-37(33-17-8-4-9-18-33)27-38(30-41)34-19-10-5-11-20-34)25-16-26-44(45)42-31-39(35-21-12-6-13-22-35)28-40(32-42)36-23-14-7-15-24-36;1-44(2,3)43-37(35-27-39(31-17-8-4-9-18-31)45-40(28-35)32-19-10-5-11-20-32)25-16-26-38(43)36-29-41(33-21-12-6-13-22-33)46-42(30-36)34-23-14-7-15-24-34;1-17-10-12-19(13-11-17)21-14-20(18-8-6-5-7-9-18)15-22(16-21)23(2,3)4/h4-32H,1-3H3;4-30H,1-3H3;5-16H,1-4H3/i;;5D,6D,7D,8D,9D,10D,11D,12D,13D. The highest BCUT2D eigenvalue weighted by Gasteiger charge is 2.28. The maximum atomic E-state index is 8.44. The molecule has 0 radical (unpaired) electrons. The number of aromatic nitrogens is 2. The summed E-state index contributed by atoms with van der Waals surface area (Å²) in [6.07, 6.45) is 0. The SMILES string of the molecule is CC(C)(C)c1c(-c2cc(-c3ccccc3)cc(-c3ccccc3)c2)cccc1-c1cc(-c2ccccc2)cc(-c2ccccc2)c1.CC(C)(C)c1c(-c2cc(-c3ccccc3)nc(-c3ccccc3)c2)cccc1-c1cc(-c2ccccc2)nc(-c2ccccc2)c1.[2H]c1c([2H])c([2H])c(-c2cc(-c3c([2H])c([2H])c(C)c([2H])c3[2H])cc(C(C)(C)C)c2)c([2H])c1[2H]. The van der Waals surface area contributed by atoms with Crippen LogP contribution < -0.4 is 0 Å². The maximum Gasteiger partial charge on any atom is 0.0715 e. The summed E-state index contributed by atoms with van der Waals surface area (Å²) in [4.78, 5) is 10.3. The summed E-state index contributed by atoms with van der Waals surface area (Å²) in [6.45, 7) is 21.4. The van der Waals surface area contributed by atoms with E-state index in [1.807, 2.05) is 20.8 Å². The molecular formula is C113H98N2. The second-order valence-electron chi connectivity index (χ2n) is 32.3. The van der Waals surface area contributed by atoms with Crippen LogP contribution in [-0.4, -0.2) is 9.97 Å². The molecule has 0 fully saturated rings. The topological polar surface area (TPSA) is 25.8 Å². The molecule has 560 valence electrons. The summed E-state index contributed by atoms with van der Waals surface area (Å²) >= 11 is 0. The minimum absolute atomic E-state index is 0.0331. The smallest absolute Gasteiger partial charge is 0.0715 e. The Kier molecular flexibility index (Phi) is 19.7. The Morgan fingerprint density at radius 3 is 0.670 bits per heavy atom. The Morgan fingerprint density at radius 1 is 0.191 bits per heavy atom. The highest BCUT2D eigenvalue weighted by molar-refractivity contribution is 5.91. The molecule has 0 spiro atoms. The lowest BCUT2D eigenvalue weighted by atomic mass is 9.76. The van der Waals surface area contributed by atoms with Crippen LogP contribution in [0.1, 0.15) is 96.9 Å². The Morgan fingerprint density at radius 2 is 0.417 bits per heavy atom. The monoisotopic (exact) mass is 1490 g/mol. The van der Waals surface area contributed by atoms with Crippen molar-refractivity contribution in [1.29, 1.82) is 0 Å². The minimum Gasteiger partial charge on any atom is -0.248 e. The summed E-state index contributed by atoms with van der Waals surface area (Å²) < 4.78 is 73.8. The Hall–Kier alpha value is -13.4. The number of nitrogens with zero attached hydrogens (tertiary/aromatic N) is 2. The van der Waals surface area contributed by atoms with E-state index in [0.717, 1.165) is 61.7 Å². The van der Waals surface area contributed by atoms with E-state index in [-0.39, 0.29) is 69.2 Å². The lowest BCUT2D eigenvalue weighted by Crippen LogP contribution is -2.15. The Balaban J connectivity index is 0.000000147. The quantitative estimate of drug-likeness (QED) is 0.108. The van der Waals surface area contributed by atoms with Crippen LogP contribution in [0.3, 0.4) is 0 Å². The van der Waals surface area contributed by atoms with E-state index in [1.54, 1.807) is 18.2 Å². The molecule has 2 heteroatoms. The van der Waals surface area contributed by atoms with Crippen LogP contribution in [0, 0.1) is 6.92 Å². The average molecular weight is 1490 g/mol. The molecule has 0 saturated heterocycles. The highest BCUT2D eigenvalue weighted by atomic mass is 14.7. The van der Waals surface area contributed by atoms with Crippen LogP contribution >= 0.6 is 0 Å². The molecule has 0 aliphatic rings. The Bertz CT molecular complexity index is 5750. The lowest BCUT2D eigenvalue weighted by molar-refractivity contribution is 0.590. The first-order valence-corrected chi connectivity index (χ1v) is 39.4. The molecular weight excluding hydrogens is 1390 g/mol. The van der Waals surface area contributed by atoms with Crippen LogP contribution in [0.2, 0.25) is 0 Å². The zero-order valence-electron chi connectivity index (χ0n) is 76.0. The van der Waals surface area contributed by atoms with E-state index in [2.05, 4.69) is 381 Å². The number of rotatable bonds is 14. The zero-order chi connectivity index (χ0) is 87.3. The summed E-state index contributed by atoms with van der Waals surface area (Å²) in [5.74, 6) is 0. The van der Waals surface area contributed by atoms with E-state index < -0.39 is 18.1 Å². The third-order valence-corrected chi connectivity index (χ3v) is 20.7. The van der Waals surface area contributed by atoms with Gasteiger partial charge in [0.25, 0.3) is 0 Å². The van der Waals surface area contributed by atoms with E-state index in [4.69, 9.17) is 22.3 Å².